The lowest BCUT2D eigenvalue weighted by Gasteiger charge is -2.20. The minimum atomic E-state index is -3.48. The van der Waals surface area contributed by atoms with Gasteiger partial charge in [0.1, 0.15) is 0 Å². The third-order valence-corrected chi connectivity index (χ3v) is 5.22. The molecule has 0 radical (unpaired) electrons. The van der Waals surface area contributed by atoms with Crippen LogP contribution < -0.4 is 19.1 Å². The first-order valence-electron chi connectivity index (χ1n) is 8.78. The molecule has 0 fully saturated rings. The predicted molar refractivity (Wildman–Crippen MR) is 110 cm³/mol. The molecule has 0 bridgehead atoms. The minimum Gasteiger partial charge on any atom is -0.493 e. The molecule has 1 N–H and O–H groups in total. The standard InChI is InChI=1S/C20H26N2O5S/c1-14(2)27-18-11-10-15(12-19(18)26-4)13-21-20(23)16-8-6-7-9-17(16)22(3)28(5,24)25/h6-12,14H,13H2,1-5H3,(H,21,23). The largest absolute Gasteiger partial charge is 0.493 e. The van der Waals surface area contributed by atoms with Gasteiger partial charge >= 0.3 is 0 Å². The van der Waals surface area contributed by atoms with Gasteiger partial charge in [-0.3, -0.25) is 9.10 Å². The Morgan fingerprint density at radius 1 is 1.14 bits per heavy atom. The van der Waals surface area contributed by atoms with Crippen molar-refractivity contribution in [2.75, 3.05) is 24.7 Å². The van der Waals surface area contributed by atoms with Crippen molar-refractivity contribution < 1.29 is 22.7 Å². The third kappa shape index (κ3) is 5.39. The van der Waals surface area contributed by atoms with Gasteiger partial charge < -0.3 is 14.8 Å². The smallest absolute Gasteiger partial charge is 0.253 e. The van der Waals surface area contributed by atoms with Gasteiger partial charge in [0.15, 0.2) is 11.5 Å². The van der Waals surface area contributed by atoms with Gasteiger partial charge in [-0.05, 0) is 43.7 Å². The second-order valence-corrected chi connectivity index (χ2v) is 8.60. The number of nitrogens with zero attached hydrogens (tertiary/aromatic N) is 1. The van der Waals surface area contributed by atoms with Crippen LogP contribution in [0.5, 0.6) is 11.5 Å². The molecule has 2 aromatic rings. The number of carbonyl (C=O) groups is 1. The van der Waals surface area contributed by atoms with Crippen molar-refractivity contribution in [3.05, 3.63) is 53.6 Å². The second-order valence-electron chi connectivity index (χ2n) is 6.58. The zero-order valence-electron chi connectivity index (χ0n) is 16.7. The van der Waals surface area contributed by atoms with E-state index in [0.717, 1.165) is 16.1 Å². The highest BCUT2D eigenvalue weighted by Gasteiger charge is 2.19. The van der Waals surface area contributed by atoms with Gasteiger partial charge in [-0.2, -0.15) is 0 Å². The van der Waals surface area contributed by atoms with Crippen molar-refractivity contribution >= 4 is 21.6 Å². The van der Waals surface area contributed by atoms with Crippen LogP contribution in [-0.4, -0.2) is 40.8 Å². The number of sulfonamides is 1. The van der Waals surface area contributed by atoms with Crippen LogP contribution in [0.25, 0.3) is 0 Å². The summed E-state index contributed by atoms with van der Waals surface area (Å²) in [4.78, 5) is 12.6. The maximum absolute atomic E-state index is 12.6. The maximum atomic E-state index is 12.6. The van der Waals surface area contributed by atoms with Gasteiger partial charge in [-0.25, -0.2) is 8.42 Å². The van der Waals surface area contributed by atoms with Crippen molar-refractivity contribution in [3.8, 4) is 11.5 Å². The predicted octanol–water partition coefficient (Wildman–Crippen LogP) is 2.81. The van der Waals surface area contributed by atoms with Crippen LogP contribution in [-0.2, 0) is 16.6 Å². The summed E-state index contributed by atoms with van der Waals surface area (Å²) >= 11 is 0. The normalized spacial score (nSPS) is 11.2. The number of hydrogen-bond acceptors (Lipinski definition) is 5. The molecular formula is C20H26N2O5S. The highest BCUT2D eigenvalue weighted by Crippen LogP contribution is 2.29. The monoisotopic (exact) mass is 406 g/mol. The van der Waals surface area contributed by atoms with E-state index < -0.39 is 10.0 Å². The Balaban J connectivity index is 2.17. The number of carbonyl (C=O) groups excluding carboxylic acids is 1. The molecule has 0 saturated heterocycles. The van der Waals surface area contributed by atoms with Crippen molar-refractivity contribution in [2.24, 2.45) is 0 Å². The molecule has 0 aliphatic carbocycles. The summed E-state index contributed by atoms with van der Waals surface area (Å²) in [5.41, 5.74) is 1.43. The molecule has 0 saturated carbocycles. The van der Waals surface area contributed by atoms with Crippen molar-refractivity contribution in [3.63, 3.8) is 0 Å². The molecule has 0 aliphatic heterocycles. The lowest BCUT2D eigenvalue weighted by Crippen LogP contribution is -2.29. The highest BCUT2D eigenvalue weighted by atomic mass is 32.2. The summed E-state index contributed by atoms with van der Waals surface area (Å²) in [5, 5.41) is 2.82. The SMILES string of the molecule is COc1cc(CNC(=O)c2ccccc2N(C)S(C)(=O)=O)ccc1OC(C)C. The number of anilines is 1. The van der Waals surface area contributed by atoms with Gasteiger partial charge in [0.05, 0.1) is 30.7 Å². The lowest BCUT2D eigenvalue weighted by molar-refractivity contribution is 0.0951. The minimum absolute atomic E-state index is 0.0165. The molecule has 152 valence electrons. The number of ether oxygens (including phenoxy) is 2. The Hall–Kier alpha value is -2.74. The van der Waals surface area contributed by atoms with Crippen LogP contribution in [0.2, 0.25) is 0 Å². The molecule has 0 aromatic heterocycles. The first-order valence-corrected chi connectivity index (χ1v) is 10.6. The molecule has 8 heteroatoms. The van der Waals surface area contributed by atoms with Gasteiger partial charge in [0, 0.05) is 13.6 Å². The second kappa shape index (κ2) is 8.97. The Kier molecular flexibility index (Phi) is 6.90. The molecule has 0 heterocycles. The Bertz CT molecular complexity index is 941. The van der Waals surface area contributed by atoms with E-state index in [1.165, 1.54) is 7.05 Å². The third-order valence-electron chi connectivity index (χ3n) is 4.03. The number of amides is 1. The van der Waals surface area contributed by atoms with Crippen LogP contribution >= 0.6 is 0 Å². The number of nitrogens with one attached hydrogen (secondary N) is 1. The Labute approximate surface area is 166 Å². The van der Waals surface area contributed by atoms with Gasteiger partial charge in [0.2, 0.25) is 10.0 Å². The number of hydrogen-bond donors (Lipinski definition) is 1. The Morgan fingerprint density at radius 3 is 2.43 bits per heavy atom. The molecule has 1 amide bonds. The van der Waals surface area contributed by atoms with Crippen molar-refractivity contribution in [1.29, 1.82) is 0 Å². The van der Waals surface area contributed by atoms with Gasteiger partial charge in [-0.15, -0.1) is 0 Å². The van der Waals surface area contributed by atoms with E-state index >= 15 is 0 Å². The average molecular weight is 407 g/mol. The van der Waals surface area contributed by atoms with E-state index in [1.807, 2.05) is 19.9 Å². The number of rotatable bonds is 8. The zero-order valence-corrected chi connectivity index (χ0v) is 17.5. The van der Waals surface area contributed by atoms with E-state index in [2.05, 4.69) is 5.32 Å². The summed E-state index contributed by atoms with van der Waals surface area (Å²) in [6.07, 6.45) is 1.11. The van der Waals surface area contributed by atoms with Crippen LogP contribution in [0.3, 0.4) is 0 Å². The fourth-order valence-electron chi connectivity index (χ4n) is 2.57. The number of para-hydroxylation sites is 1. The van der Waals surface area contributed by atoms with E-state index in [1.54, 1.807) is 43.5 Å². The van der Waals surface area contributed by atoms with Crippen LogP contribution in [0, 0.1) is 0 Å². The fraction of sp³-hybridized carbons (Fsp3) is 0.350. The Morgan fingerprint density at radius 2 is 1.82 bits per heavy atom. The van der Waals surface area contributed by atoms with Gasteiger partial charge in [-0.1, -0.05) is 18.2 Å². The maximum Gasteiger partial charge on any atom is 0.253 e. The molecule has 2 rings (SSSR count). The molecule has 0 aliphatic rings. The molecule has 0 atom stereocenters. The van der Waals surface area contributed by atoms with Gasteiger partial charge in [0.25, 0.3) is 5.91 Å². The first-order chi connectivity index (χ1) is 13.1. The van der Waals surface area contributed by atoms with Crippen molar-refractivity contribution in [1.82, 2.24) is 5.32 Å². The summed E-state index contributed by atoms with van der Waals surface area (Å²) in [6.45, 7) is 4.12. The number of methoxy groups -OCH3 is 1. The topological polar surface area (TPSA) is 84.9 Å². The quantitative estimate of drug-likeness (QED) is 0.729. The zero-order chi connectivity index (χ0) is 20.9. The number of benzene rings is 2. The van der Waals surface area contributed by atoms with E-state index in [4.69, 9.17) is 9.47 Å². The lowest BCUT2D eigenvalue weighted by atomic mass is 10.1. The van der Waals surface area contributed by atoms with Crippen LogP contribution in [0.1, 0.15) is 29.8 Å². The van der Waals surface area contributed by atoms with Crippen molar-refractivity contribution in [2.45, 2.75) is 26.5 Å². The summed E-state index contributed by atoms with van der Waals surface area (Å²) in [5.74, 6) is 0.845. The summed E-state index contributed by atoms with van der Waals surface area (Å²) in [7, 11) is -0.506. The molecule has 0 spiro atoms. The summed E-state index contributed by atoms with van der Waals surface area (Å²) < 4.78 is 35.8. The highest BCUT2D eigenvalue weighted by molar-refractivity contribution is 7.92. The fourth-order valence-corrected chi connectivity index (χ4v) is 3.09. The first kappa shape index (κ1) is 21.6. The molecule has 2 aromatic carbocycles. The van der Waals surface area contributed by atoms with Crippen LogP contribution in [0.15, 0.2) is 42.5 Å². The van der Waals surface area contributed by atoms with E-state index in [0.29, 0.717) is 17.2 Å². The average Bonchev–Trinajstić information content (AvgIpc) is 2.65. The molecule has 7 nitrogen and oxygen atoms in total. The molecular weight excluding hydrogens is 380 g/mol. The molecule has 0 unspecified atom stereocenters. The van der Waals surface area contributed by atoms with Crippen LogP contribution in [0.4, 0.5) is 5.69 Å². The van der Waals surface area contributed by atoms with E-state index in [-0.39, 0.29) is 24.1 Å². The summed E-state index contributed by atoms with van der Waals surface area (Å²) in [6, 6.07) is 12.0. The van der Waals surface area contributed by atoms with E-state index in [9.17, 15) is 13.2 Å². The molecule has 28 heavy (non-hydrogen) atoms.